The Morgan fingerprint density at radius 3 is 2.69 bits per heavy atom. The van der Waals surface area contributed by atoms with Gasteiger partial charge in [0.2, 0.25) is 0 Å². The summed E-state index contributed by atoms with van der Waals surface area (Å²) in [4.78, 5) is 10.1. The van der Waals surface area contributed by atoms with Gasteiger partial charge in [-0.05, 0) is 22.0 Å². The van der Waals surface area contributed by atoms with Crippen molar-refractivity contribution in [2.75, 3.05) is 0 Å². The van der Waals surface area contributed by atoms with E-state index in [0.717, 1.165) is 0 Å². The second kappa shape index (κ2) is 3.80. The van der Waals surface area contributed by atoms with Gasteiger partial charge in [-0.2, -0.15) is 0 Å². The molecule has 6 heteroatoms. The SMILES string of the molecule is NC(=S)c1ccc(Br)c([N+](=O)[O-])c1. The third-order valence-electron chi connectivity index (χ3n) is 1.43. The Kier molecular flexibility index (Phi) is 2.94. The van der Waals surface area contributed by atoms with Gasteiger partial charge in [0.15, 0.2) is 0 Å². The Morgan fingerprint density at radius 1 is 1.62 bits per heavy atom. The molecule has 2 N–H and O–H groups in total. The van der Waals surface area contributed by atoms with Gasteiger partial charge in [0.25, 0.3) is 5.69 Å². The van der Waals surface area contributed by atoms with Gasteiger partial charge in [-0.1, -0.05) is 18.3 Å². The predicted octanol–water partition coefficient (Wildman–Crippen LogP) is 1.99. The minimum atomic E-state index is -0.494. The van der Waals surface area contributed by atoms with E-state index >= 15 is 0 Å². The summed E-state index contributed by atoms with van der Waals surface area (Å²) in [6.07, 6.45) is 0. The van der Waals surface area contributed by atoms with E-state index in [9.17, 15) is 10.1 Å². The van der Waals surface area contributed by atoms with Gasteiger partial charge < -0.3 is 5.73 Å². The number of thiocarbonyl (C=S) groups is 1. The standard InChI is InChI=1S/C7H5BrN2O2S/c8-5-2-1-4(7(9)13)3-6(5)10(11)12/h1-3H,(H2,9,13). The zero-order chi connectivity index (χ0) is 10.0. The number of benzene rings is 1. The lowest BCUT2D eigenvalue weighted by Gasteiger charge is -1.99. The maximum atomic E-state index is 10.5. The largest absolute Gasteiger partial charge is 0.389 e. The molecule has 0 aliphatic heterocycles. The van der Waals surface area contributed by atoms with Crippen molar-refractivity contribution in [2.24, 2.45) is 5.73 Å². The molecule has 68 valence electrons. The van der Waals surface area contributed by atoms with E-state index in [2.05, 4.69) is 15.9 Å². The van der Waals surface area contributed by atoms with Gasteiger partial charge in [0.05, 0.1) is 9.40 Å². The Hall–Kier alpha value is -1.01. The van der Waals surface area contributed by atoms with Gasteiger partial charge in [-0.15, -0.1) is 0 Å². The van der Waals surface area contributed by atoms with Crippen molar-refractivity contribution >= 4 is 38.8 Å². The summed E-state index contributed by atoms with van der Waals surface area (Å²) in [5.74, 6) is 0. The summed E-state index contributed by atoms with van der Waals surface area (Å²) in [5.41, 5.74) is 5.78. The van der Waals surface area contributed by atoms with Crippen LogP contribution in [-0.4, -0.2) is 9.91 Å². The highest BCUT2D eigenvalue weighted by molar-refractivity contribution is 9.10. The third kappa shape index (κ3) is 2.22. The molecule has 0 bridgehead atoms. The normalized spacial score (nSPS) is 9.62. The molecule has 13 heavy (non-hydrogen) atoms. The Balaban J connectivity index is 3.27. The van der Waals surface area contributed by atoms with Crippen LogP contribution >= 0.6 is 28.1 Å². The summed E-state index contributed by atoms with van der Waals surface area (Å²) < 4.78 is 0.414. The van der Waals surface area contributed by atoms with Crippen molar-refractivity contribution in [1.29, 1.82) is 0 Å². The minimum Gasteiger partial charge on any atom is -0.389 e. The Morgan fingerprint density at radius 2 is 2.23 bits per heavy atom. The van der Waals surface area contributed by atoms with Crippen molar-refractivity contribution in [3.05, 3.63) is 38.3 Å². The molecule has 0 amide bonds. The topological polar surface area (TPSA) is 69.2 Å². The van der Waals surface area contributed by atoms with Gasteiger partial charge >= 0.3 is 0 Å². The number of nitrogens with two attached hydrogens (primary N) is 1. The van der Waals surface area contributed by atoms with E-state index in [1.54, 1.807) is 12.1 Å². The van der Waals surface area contributed by atoms with Crippen molar-refractivity contribution in [3.8, 4) is 0 Å². The number of halogens is 1. The van der Waals surface area contributed by atoms with Crippen LogP contribution in [0.4, 0.5) is 5.69 Å². The zero-order valence-corrected chi connectivity index (χ0v) is 8.76. The first kappa shape index (κ1) is 10.1. The Bertz CT molecular complexity index is 381. The molecule has 0 heterocycles. The maximum Gasteiger partial charge on any atom is 0.284 e. The molecule has 0 aliphatic rings. The van der Waals surface area contributed by atoms with Crippen molar-refractivity contribution in [3.63, 3.8) is 0 Å². The molecule has 0 atom stereocenters. The van der Waals surface area contributed by atoms with Crippen molar-refractivity contribution in [2.45, 2.75) is 0 Å². The lowest BCUT2D eigenvalue weighted by atomic mass is 10.2. The first-order chi connectivity index (χ1) is 6.02. The molecule has 1 aromatic rings. The molecule has 1 rings (SSSR count). The van der Waals surface area contributed by atoms with Crippen LogP contribution in [0, 0.1) is 10.1 Å². The molecular formula is C7H5BrN2O2S. The third-order valence-corrected chi connectivity index (χ3v) is 2.33. The number of nitro benzene ring substituents is 1. The van der Waals surface area contributed by atoms with E-state index < -0.39 is 4.92 Å². The highest BCUT2D eigenvalue weighted by atomic mass is 79.9. The fraction of sp³-hybridized carbons (Fsp3) is 0. The van der Waals surface area contributed by atoms with Crippen LogP contribution in [0.3, 0.4) is 0 Å². The summed E-state index contributed by atoms with van der Waals surface area (Å²) in [6, 6.07) is 4.51. The fourth-order valence-corrected chi connectivity index (χ4v) is 1.32. The van der Waals surface area contributed by atoms with E-state index in [4.69, 9.17) is 18.0 Å². The highest BCUT2D eigenvalue weighted by Crippen LogP contribution is 2.25. The summed E-state index contributed by atoms with van der Waals surface area (Å²) in [7, 11) is 0. The first-order valence-electron chi connectivity index (χ1n) is 3.26. The summed E-state index contributed by atoms with van der Waals surface area (Å²) in [5, 5.41) is 10.5. The molecule has 0 saturated carbocycles. The lowest BCUT2D eigenvalue weighted by Crippen LogP contribution is -2.09. The maximum absolute atomic E-state index is 10.5. The molecule has 0 aliphatic carbocycles. The van der Waals surface area contributed by atoms with E-state index in [1.807, 2.05) is 0 Å². The average molecular weight is 261 g/mol. The van der Waals surface area contributed by atoms with Crippen LogP contribution in [0.5, 0.6) is 0 Å². The van der Waals surface area contributed by atoms with Crippen LogP contribution < -0.4 is 5.73 Å². The molecule has 4 nitrogen and oxygen atoms in total. The minimum absolute atomic E-state index is 0.0368. The van der Waals surface area contributed by atoms with Crippen LogP contribution in [-0.2, 0) is 0 Å². The van der Waals surface area contributed by atoms with E-state index in [0.29, 0.717) is 10.0 Å². The van der Waals surface area contributed by atoms with Crippen LogP contribution in [0.1, 0.15) is 5.56 Å². The molecule has 0 radical (unpaired) electrons. The van der Waals surface area contributed by atoms with E-state index in [-0.39, 0.29) is 10.7 Å². The van der Waals surface area contributed by atoms with Crippen molar-refractivity contribution in [1.82, 2.24) is 0 Å². The quantitative estimate of drug-likeness (QED) is 0.502. The van der Waals surface area contributed by atoms with Gasteiger partial charge in [-0.3, -0.25) is 10.1 Å². The molecule has 0 spiro atoms. The van der Waals surface area contributed by atoms with Crippen LogP contribution in [0.2, 0.25) is 0 Å². The second-order valence-electron chi connectivity index (χ2n) is 2.29. The summed E-state index contributed by atoms with van der Waals surface area (Å²) in [6.45, 7) is 0. The van der Waals surface area contributed by atoms with Crippen LogP contribution in [0.25, 0.3) is 0 Å². The zero-order valence-electron chi connectivity index (χ0n) is 6.36. The van der Waals surface area contributed by atoms with Crippen LogP contribution in [0.15, 0.2) is 22.7 Å². The molecule has 0 unspecified atom stereocenters. The highest BCUT2D eigenvalue weighted by Gasteiger charge is 2.12. The van der Waals surface area contributed by atoms with Gasteiger partial charge in [0.1, 0.15) is 4.99 Å². The van der Waals surface area contributed by atoms with Gasteiger partial charge in [-0.25, -0.2) is 0 Å². The molecule has 1 aromatic carbocycles. The fourth-order valence-electron chi connectivity index (χ4n) is 0.806. The number of hydrogen-bond acceptors (Lipinski definition) is 3. The number of rotatable bonds is 2. The first-order valence-corrected chi connectivity index (χ1v) is 4.46. The Labute approximate surface area is 88.0 Å². The summed E-state index contributed by atoms with van der Waals surface area (Å²) >= 11 is 7.75. The molecular weight excluding hydrogens is 256 g/mol. The molecule has 0 fully saturated rings. The van der Waals surface area contributed by atoms with E-state index in [1.165, 1.54) is 6.07 Å². The number of nitrogens with zero attached hydrogens (tertiary/aromatic N) is 1. The molecule has 0 saturated heterocycles. The second-order valence-corrected chi connectivity index (χ2v) is 3.58. The van der Waals surface area contributed by atoms with Gasteiger partial charge in [0, 0.05) is 11.6 Å². The monoisotopic (exact) mass is 260 g/mol. The average Bonchev–Trinajstić information content (AvgIpc) is 2.04. The number of hydrogen-bond donors (Lipinski definition) is 1. The van der Waals surface area contributed by atoms with Crippen molar-refractivity contribution < 1.29 is 4.92 Å². The molecule has 0 aromatic heterocycles. The predicted molar refractivity (Wildman–Crippen MR) is 56.7 cm³/mol. The lowest BCUT2D eigenvalue weighted by molar-refractivity contribution is -0.385. The smallest absolute Gasteiger partial charge is 0.284 e. The number of nitro groups is 1.